The van der Waals surface area contributed by atoms with Crippen LogP contribution in [0.4, 0.5) is 0 Å². The Kier molecular flexibility index (Phi) is 4.77. The Bertz CT molecular complexity index is 334. The van der Waals surface area contributed by atoms with Crippen molar-refractivity contribution in [3.05, 3.63) is 35.9 Å². The van der Waals surface area contributed by atoms with Gasteiger partial charge in [-0.25, -0.2) is 0 Å². The monoisotopic (exact) mass is 239 g/mol. The van der Waals surface area contributed by atoms with Gasteiger partial charge >= 0.3 is 0 Å². The molecule has 3 nitrogen and oxygen atoms in total. The first-order valence-electron chi connectivity index (χ1n) is 5.37. The number of hydrogen-bond acceptors (Lipinski definition) is 2. The first-order chi connectivity index (χ1) is 7.27. The van der Waals surface area contributed by atoms with Gasteiger partial charge < -0.3 is 23.0 Å². The second-order valence-electron chi connectivity index (χ2n) is 4.00. The number of carbonyl (C=O) groups excluding carboxylic acids is 1. The summed E-state index contributed by atoms with van der Waals surface area (Å²) >= 11 is 0. The molecule has 16 heavy (non-hydrogen) atoms. The zero-order chi connectivity index (χ0) is 10.7. The number of benzene rings is 1. The van der Waals surface area contributed by atoms with E-state index in [1.807, 2.05) is 35.2 Å². The van der Waals surface area contributed by atoms with E-state index in [9.17, 15) is 4.79 Å². The standard InChI is InChI=1S/C12H16N2O.ClH/c13-11-6-8-14(9-7-11)12(15)10-4-2-1-3-5-10;/h1-5,11H,6-9,13H2;1H/p-1. The molecule has 0 saturated carbocycles. The minimum absolute atomic E-state index is 0. The number of amides is 1. The molecular weight excluding hydrogens is 224 g/mol. The lowest BCUT2D eigenvalue weighted by Crippen LogP contribution is -3.00. The first-order valence-corrected chi connectivity index (χ1v) is 5.37. The number of rotatable bonds is 1. The first kappa shape index (κ1) is 13.0. The third kappa shape index (κ3) is 2.97. The maximum absolute atomic E-state index is 12.0. The Morgan fingerprint density at radius 2 is 1.75 bits per heavy atom. The Morgan fingerprint density at radius 3 is 2.31 bits per heavy atom. The summed E-state index contributed by atoms with van der Waals surface area (Å²) in [6.07, 6.45) is 1.83. The average Bonchev–Trinajstić information content (AvgIpc) is 2.30. The predicted octanol–water partition coefficient (Wildman–Crippen LogP) is -1.75. The van der Waals surface area contributed by atoms with E-state index in [1.165, 1.54) is 0 Å². The summed E-state index contributed by atoms with van der Waals surface area (Å²) in [5, 5.41) is 0. The van der Waals surface area contributed by atoms with E-state index in [4.69, 9.17) is 5.73 Å². The number of nitrogens with zero attached hydrogens (tertiary/aromatic N) is 1. The SMILES string of the molecule is NC1CCN(C(=O)c2ccccc2)CC1.[Cl-]. The molecule has 2 N–H and O–H groups in total. The third-order valence-corrected chi connectivity index (χ3v) is 2.85. The Labute approximate surface area is 102 Å². The molecule has 0 aliphatic carbocycles. The van der Waals surface area contributed by atoms with Crippen LogP contribution in [0.2, 0.25) is 0 Å². The van der Waals surface area contributed by atoms with Crippen LogP contribution < -0.4 is 18.1 Å². The van der Waals surface area contributed by atoms with Gasteiger partial charge in [-0.1, -0.05) is 18.2 Å². The van der Waals surface area contributed by atoms with Gasteiger partial charge in [-0.3, -0.25) is 4.79 Å². The van der Waals surface area contributed by atoms with Gasteiger partial charge in [-0.15, -0.1) is 0 Å². The molecule has 0 bridgehead atoms. The number of halogens is 1. The molecule has 2 rings (SSSR count). The number of likely N-dealkylation sites (tertiary alicyclic amines) is 1. The smallest absolute Gasteiger partial charge is 0.253 e. The van der Waals surface area contributed by atoms with E-state index in [2.05, 4.69) is 0 Å². The van der Waals surface area contributed by atoms with E-state index in [1.54, 1.807) is 0 Å². The van der Waals surface area contributed by atoms with Gasteiger partial charge in [-0.05, 0) is 25.0 Å². The van der Waals surface area contributed by atoms with Crippen LogP contribution in [0.25, 0.3) is 0 Å². The van der Waals surface area contributed by atoms with Gasteiger partial charge in [-0.2, -0.15) is 0 Å². The number of carbonyl (C=O) groups is 1. The predicted molar refractivity (Wildman–Crippen MR) is 59.6 cm³/mol. The van der Waals surface area contributed by atoms with Crippen molar-refractivity contribution >= 4 is 5.91 Å². The zero-order valence-electron chi connectivity index (χ0n) is 9.10. The fraction of sp³-hybridized carbons (Fsp3) is 0.417. The fourth-order valence-corrected chi connectivity index (χ4v) is 1.87. The normalized spacial score (nSPS) is 16.7. The molecule has 1 aliphatic rings. The van der Waals surface area contributed by atoms with E-state index in [0.29, 0.717) is 0 Å². The molecule has 0 atom stereocenters. The van der Waals surface area contributed by atoms with Crippen LogP contribution in [0.1, 0.15) is 23.2 Å². The van der Waals surface area contributed by atoms with Crippen molar-refractivity contribution in [2.75, 3.05) is 13.1 Å². The average molecular weight is 240 g/mol. The number of piperidine rings is 1. The van der Waals surface area contributed by atoms with Gasteiger partial charge in [0, 0.05) is 24.7 Å². The minimum Gasteiger partial charge on any atom is -1.00 e. The van der Waals surface area contributed by atoms with Gasteiger partial charge in [0.2, 0.25) is 0 Å². The van der Waals surface area contributed by atoms with Crippen LogP contribution in [-0.4, -0.2) is 29.9 Å². The quantitative estimate of drug-likeness (QED) is 0.632. The minimum atomic E-state index is 0. The Balaban J connectivity index is 0.00000128. The lowest BCUT2D eigenvalue weighted by molar-refractivity contribution is -0.0000139. The highest BCUT2D eigenvalue weighted by atomic mass is 35.5. The van der Waals surface area contributed by atoms with E-state index in [-0.39, 0.29) is 24.4 Å². The fourth-order valence-electron chi connectivity index (χ4n) is 1.87. The molecule has 1 aliphatic heterocycles. The van der Waals surface area contributed by atoms with Crippen LogP contribution in [0.5, 0.6) is 0 Å². The summed E-state index contributed by atoms with van der Waals surface area (Å²) in [6, 6.07) is 9.69. The summed E-state index contributed by atoms with van der Waals surface area (Å²) in [7, 11) is 0. The van der Waals surface area contributed by atoms with E-state index < -0.39 is 0 Å². The maximum Gasteiger partial charge on any atom is 0.253 e. The second kappa shape index (κ2) is 5.87. The summed E-state index contributed by atoms with van der Waals surface area (Å²) in [5.74, 6) is 0.127. The molecule has 88 valence electrons. The van der Waals surface area contributed by atoms with Crippen molar-refractivity contribution in [1.82, 2.24) is 4.90 Å². The molecule has 1 saturated heterocycles. The maximum atomic E-state index is 12.0. The zero-order valence-corrected chi connectivity index (χ0v) is 9.86. The lowest BCUT2D eigenvalue weighted by Gasteiger charge is -2.30. The number of hydrogen-bond donors (Lipinski definition) is 1. The van der Waals surface area contributed by atoms with E-state index in [0.717, 1.165) is 31.5 Å². The molecule has 1 amide bonds. The Hall–Kier alpha value is -1.06. The molecule has 0 aromatic heterocycles. The summed E-state index contributed by atoms with van der Waals surface area (Å²) < 4.78 is 0. The van der Waals surface area contributed by atoms with Crippen molar-refractivity contribution in [3.8, 4) is 0 Å². The molecule has 0 radical (unpaired) electrons. The van der Waals surface area contributed by atoms with Gasteiger partial charge in [0.25, 0.3) is 5.91 Å². The summed E-state index contributed by atoms with van der Waals surface area (Å²) in [6.45, 7) is 1.57. The van der Waals surface area contributed by atoms with Crippen LogP contribution in [-0.2, 0) is 0 Å². The molecule has 1 aromatic rings. The van der Waals surface area contributed by atoms with Crippen LogP contribution >= 0.6 is 0 Å². The van der Waals surface area contributed by atoms with Crippen LogP contribution in [0, 0.1) is 0 Å². The molecule has 1 aromatic carbocycles. The summed E-state index contributed by atoms with van der Waals surface area (Å²) in [4.78, 5) is 13.9. The van der Waals surface area contributed by atoms with E-state index >= 15 is 0 Å². The highest BCUT2D eigenvalue weighted by Gasteiger charge is 2.21. The lowest BCUT2D eigenvalue weighted by atomic mass is 10.1. The third-order valence-electron chi connectivity index (χ3n) is 2.85. The van der Waals surface area contributed by atoms with Crippen LogP contribution in [0.3, 0.4) is 0 Å². The van der Waals surface area contributed by atoms with Gasteiger partial charge in [0.1, 0.15) is 0 Å². The molecular formula is C12H16ClN2O-. The second-order valence-corrected chi connectivity index (χ2v) is 4.00. The highest BCUT2D eigenvalue weighted by Crippen LogP contribution is 2.12. The molecule has 0 spiro atoms. The van der Waals surface area contributed by atoms with Crippen molar-refractivity contribution in [2.24, 2.45) is 5.73 Å². The topological polar surface area (TPSA) is 46.3 Å². The Morgan fingerprint density at radius 1 is 1.19 bits per heavy atom. The molecule has 1 heterocycles. The highest BCUT2D eigenvalue weighted by molar-refractivity contribution is 5.94. The summed E-state index contributed by atoms with van der Waals surface area (Å²) in [5.41, 5.74) is 6.57. The van der Waals surface area contributed by atoms with Gasteiger partial charge in [0.05, 0.1) is 0 Å². The van der Waals surface area contributed by atoms with Crippen LogP contribution in [0.15, 0.2) is 30.3 Å². The van der Waals surface area contributed by atoms with Crippen molar-refractivity contribution in [3.63, 3.8) is 0 Å². The largest absolute Gasteiger partial charge is 1.00 e. The molecule has 1 fully saturated rings. The van der Waals surface area contributed by atoms with Crippen molar-refractivity contribution < 1.29 is 17.2 Å². The van der Waals surface area contributed by atoms with Gasteiger partial charge in [0.15, 0.2) is 0 Å². The number of nitrogens with two attached hydrogens (primary N) is 1. The molecule has 0 unspecified atom stereocenters. The van der Waals surface area contributed by atoms with Crippen molar-refractivity contribution in [2.45, 2.75) is 18.9 Å². The van der Waals surface area contributed by atoms with Crippen molar-refractivity contribution in [1.29, 1.82) is 0 Å². The molecule has 4 heteroatoms.